The van der Waals surface area contributed by atoms with E-state index in [0.717, 1.165) is 32.0 Å². The van der Waals surface area contributed by atoms with Gasteiger partial charge in [0.25, 0.3) is 0 Å². The molecule has 1 heterocycles. The van der Waals surface area contributed by atoms with Gasteiger partial charge in [-0.2, -0.15) is 0 Å². The maximum atomic E-state index is 12.6. The minimum atomic E-state index is -3.51. The summed E-state index contributed by atoms with van der Waals surface area (Å²) < 4.78 is 26.5. The lowest BCUT2D eigenvalue weighted by atomic mass is 10.00. The van der Waals surface area contributed by atoms with Crippen LogP contribution in [0.1, 0.15) is 24.5 Å². The molecule has 0 fully saturated rings. The molecule has 0 unspecified atom stereocenters. The molecule has 0 atom stereocenters. The summed E-state index contributed by atoms with van der Waals surface area (Å²) in [7, 11) is -0.419. The Balaban J connectivity index is 0.00000341. The van der Waals surface area contributed by atoms with Crippen LogP contribution in [0.15, 0.2) is 70.6 Å². The van der Waals surface area contributed by atoms with Gasteiger partial charge in [0.05, 0.1) is 11.4 Å². The fourth-order valence-electron chi connectivity index (χ4n) is 3.44. The lowest BCUT2D eigenvalue weighted by Crippen LogP contribution is -2.43. The molecule has 0 amide bonds. The van der Waals surface area contributed by atoms with Crippen LogP contribution >= 0.6 is 24.0 Å². The minimum absolute atomic E-state index is 0. The van der Waals surface area contributed by atoms with E-state index in [1.54, 1.807) is 26.2 Å². The Morgan fingerprint density at radius 1 is 1.10 bits per heavy atom. The fraction of sp³-hybridized carbons (Fsp3) is 0.348. The van der Waals surface area contributed by atoms with Gasteiger partial charge >= 0.3 is 0 Å². The van der Waals surface area contributed by atoms with Gasteiger partial charge in [0, 0.05) is 33.7 Å². The molecule has 0 bridgehead atoms. The maximum Gasteiger partial charge on any atom is 0.242 e. The zero-order valence-electron chi connectivity index (χ0n) is 18.3. The Bertz CT molecular complexity index is 1020. The zero-order chi connectivity index (χ0) is 21.6. The molecule has 1 aliphatic rings. The van der Waals surface area contributed by atoms with E-state index in [1.165, 1.54) is 15.4 Å². The van der Waals surface area contributed by atoms with Crippen molar-refractivity contribution in [3.63, 3.8) is 0 Å². The number of hydrogen-bond acceptors (Lipinski definition) is 3. The molecule has 0 spiro atoms. The number of rotatable bonds is 6. The van der Waals surface area contributed by atoms with E-state index in [-0.39, 0.29) is 24.0 Å². The number of guanidine groups is 1. The van der Waals surface area contributed by atoms with Gasteiger partial charge in [-0.05, 0) is 36.1 Å². The number of aliphatic imine (C=N–C) groups is 1. The highest BCUT2D eigenvalue weighted by atomic mass is 127. The Morgan fingerprint density at radius 3 is 2.39 bits per heavy atom. The van der Waals surface area contributed by atoms with Crippen molar-refractivity contribution < 1.29 is 8.42 Å². The number of halogens is 1. The standard InChI is InChI=1S/C23H30N4O2S.HI/c1-4-24-23(27-16-14-20(15-17-27)19-10-6-5-7-11-19)25-18-21-12-8-9-13-22(21)30(28,29)26(2)3;/h5-14H,4,15-18H2,1-3H3,(H,24,25);1H. The first-order valence-corrected chi connectivity index (χ1v) is 11.7. The second kappa shape index (κ2) is 11.6. The first-order valence-electron chi connectivity index (χ1n) is 10.2. The minimum Gasteiger partial charge on any atom is -0.356 e. The SMILES string of the molecule is CCNC(=NCc1ccccc1S(=O)(=O)N(C)C)N1CC=C(c2ccccc2)CC1.I. The van der Waals surface area contributed by atoms with Gasteiger partial charge in [-0.1, -0.05) is 54.6 Å². The topological polar surface area (TPSA) is 65.0 Å². The average Bonchev–Trinajstić information content (AvgIpc) is 2.77. The molecule has 2 aromatic carbocycles. The molecule has 8 heteroatoms. The van der Waals surface area contributed by atoms with Crippen molar-refractivity contribution in [1.82, 2.24) is 14.5 Å². The lowest BCUT2D eigenvalue weighted by molar-refractivity contribution is 0.439. The lowest BCUT2D eigenvalue weighted by Gasteiger charge is -2.30. The third kappa shape index (κ3) is 6.30. The highest BCUT2D eigenvalue weighted by molar-refractivity contribution is 14.0. The van der Waals surface area contributed by atoms with E-state index < -0.39 is 10.0 Å². The predicted octanol–water partition coefficient (Wildman–Crippen LogP) is 3.81. The molecule has 3 rings (SSSR count). The Morgan fingerprint density at radius 2 is 1.77 bits per heavy atom. The molecule has 2 aromatic rings. The van der Waals surface area contributed by atoms with Gasteiger partial charge < -0.3 is 10.2 Å². The van der Waals surface area contributed by atoms with Crippen LogP contribution in [0.3, 0.4) is 0 Å². The van der Waals surface area contributed by atoms with Gasteiger partial charge in [0.1, 0.15) is 0 Å². The second-order valence-corrected chi connectivity index (χ2v) is 9.48. The zero-order valence-corrected chi connectivity index (χ0v) is 21.4. The van der Waals surface area contributed by atoms with E-state index in [9.17, 15) is 8.42 Å². The number of nitrogens with zero attached hydrogens (tertiary/aromatic N) is 3. The van der Waals surface area contributed by atoms with Crippen LogP contribution in [0.5, 0.6) is 0 Å². The first kappa shape index (κ1) is 25.4. The normalized spacial score (nSPS) is 14.8. The van der Waals surface area contributed by atoms with Crippen LogP contribution in [0, 0.1) is 0 Å². The van der Waals surface area contributed by atoms with Gasteiger partial charge in [0.2, 0.25) is 10.0 Å². The van der Waals surface area contributed by atoms with Crippen LogP contribution in [0.4, 0.5) is 0 Å². The summed E-state index contributed by atoms with van der Waals surface area (Å²) in [5.41, 5.74) is 3.31. The summed E-state index contributed by atoms with van der Waals surface area (Å²) >= 11 is 0. The van der Waals surface area contributed by atoms with Crippen LogP contribution < -0.4 is 5.32 Å². The van der Waals surface area contributed by atoms with Crippen molar-refractivity contribution >= 4 is 45.5 Å². The van der Waals surface area contributed by atoms with Crippen LogP contribution in [0.2, 0.25) is 0 Å². The second-order valence-electron chi connectivity index (χ2n) is 7.36. The summed E-state index contributed by atoms with van der Waals surface area (Å²) in [6, 6.07) is 17.5. The number of sulfonamides is 1. The van der Waals surface area contributed by atoms with Crippen molar-refractivity contribution in [3.05, 3.63) is 71.8 Å². The van der Waals surface area contributed by atoms with E-state index in [1.807, 2.05) is 25.1 Å². The third-order valence-corrected chi connectivity index (χ3v) is 7.03. The van der Waals surface area contributed by atoms with Crippen LogP contribution in [-0.4, -0.2) is 57.3 Å². The summed E-state index contributed by atoms with van der Waals surface area (Å²) in [4.78, 5) is 7.27. The summed E-state index contributed by atoms with van der Waals surface area (Å²) in [6.07, 6.45) is 3.19. The third-order valence-electron chi connectivity index (χ3n) is 5.12. The van der Waals surface area contributed by atoms with Crippen molar-refractivity contribution in [2.24, 2.45) is 4.99 Å². The number of benzene rings is 2. The molecule has 0 radical (unpaired) electrons. The molecular formula is C23H31IN4O2S. The van der Waals surface area contributed by atoms with E-state index in [2.05, 4.69) is 40.6 Å². The van der Waals surface area contributed by atoms with Crippen molar-refractivity contribution in [3.8, 4) is 0 Å². The molecule has 1 aliphatic heterocycles. The molecule has 0 aromatic heterocycles. The number of nitrogens with one attached hydrogen (secondary N) is 1. The Kier molecular flexibility index (Phi) is 9.52. The van der Waals surface area contributed by atoms with E-state index in [0.29, 0.717) is 17.0 Å². The average molecular weight is 554 g/mol. The molecule has 0 saturated carbocycles. The summed E-state index contributed by atoms with van der Waals surface area (Å²) in [5.74, 6) is 0.804. The van der Waals surface area contributed by atoms with Crippen molar-refractivity contribution in [2.45, 2.75) is 24.8 Å². The molecule has 168 valence electrons. The van der Waals surface area contributed by atoms with Gasteiger partial charge in [-0.25, -0.2) is 17.7 Å². The Hall–Kier alpha value is -1.91. The highest BCUT2D eigenvalue weighted by Gasteiger charge is 2.21. The molecule has 6 nitrogen and oxygen atoms in total. The molecule has 0 aliphatic carbocycles. The molecule has 1 N–H and O–H groups in total. The quantitative estimate of drug-likeness (QED) is 0.335. The number of hydrogen-bond donors (Lipinski definition) is 1. The molecule has 31 heavy (non-hydrogen) atoms. The smallest absolute Gasteiger partial charge is 0.242 e. The fourth-order valence-corrected chi connectivity index (χ4v) is 4.55. The Labute approximate surface area is 203 Å². The van der Waals surface area contributed by atoms with Gasteiger partial charge in [-0.3, -0.25) is 0 Å². The van der Waals surface area contributed by atoms with Crippen molar-refractivity contribution in [2.75, 3.05) is 33.7 Å². The van der Waals surface area contributed by atoms with Gasteiger partial charge in [-0.15, -0.1) is 24.0 Å². The monoisotopic (exact) mass is 554 g/mol. The molecular weight excluding hydrogens is 523 g/mol. The summed E-state index contributed by atoms with van der Waals surface area (Å²) in [5, 5.41) is 3.34. The first-order chi connectivity index (χ1) is 14.4. The van der Waals surface area contributed by atoms with Crippen LogP contribution in [0.25, 0.3) is 5.57 Å². The summed E-state index contributed by atoms with van der Waals surface area (Å²) in [6.45, 7) is 4.73. The highest BCUT2D eigenvalue weighted by Crippen LogP contribution is 2.23. The largest absolute Gasteiger partial charge is 0.356 e. The van der Waals surface area contributed by atoms with E-state index in [4.69, 9.17) is 4.99 Å². The molecule has 0 saturated heterocycles. The van der Waals surface area contributed by atoms with E-state index >= 15 is 0 Å². The van der Waals surface area contributed by atoms with Gasteiger partial charge in [0.15, 0.2) is 5.96 Å². The predicted molar refractivity (Wildman–Crippen MR) is 138 cm³/mol. The van der Waals surface area contributed by atoms with Crippen molar-refractivity contribution in [1.29, 1.82) is 0 Å². The maximum absolute atomic E-state index is 12.6. The van der Waals surface area contributed by atoms with Crippen LogP contribution in [-0.2, 0) is 16.6 Å².